The van der Waals surface area contributed by atoms with E-state index in [0.29, 0.717) is 17.3 Å². The molecule has 1 atom stereocenters. The SMILES string of the molecule is CC(C)(O)[C@H](F)CNC(=O)c1cnn2cc(-c3ccccc3)cc2c1NC1CC1. The van der Waals surface area contributed by atoms with Crippen LogP contribution in [0.1, 0.15) is 37.0 Å². The average molecular weight is 396 g/mol. The predicted octanol–water partition coefficient (Wildman–Crippen LogP) is 3.41. The molecule has 0 radical (unpaired) electrons. The van der Waals surface area contributed by atoms with Crippen molar-refractivity contribution < 1.29 is 14.3 Å². The smallest absolute Gasteiger partial charge is 0.255 e. The van der Waals surface area contributed by atoms with E-state index < -0.39 is 17.7 Å². The summed E-state index contributed by atoms with van der Waals surface area (Å²) in [6.45, 7) is 2.49. The van der Waals surface area contributed by atoms with Crippen molar-refractivity contribution in [3.05, 3.63) is 54.4 Å². The number of amides is 1. The molecule has 29 heavy (non-hydrogen) atoms. The van der Waals surface area contributed by atoms with E-state index in [9.17, 15) is 14.3 Å². The van der Waals surface area contributed by atoms with Crippen molar-refractivity contribution in [2.24, 2.45) is 0 Å². The van der Waals surface area contributed by atoms with Gasteiger partial charge in [0.25, 0.3) is 5.91 Å². The predicted molar refractivity (Wildman–Crippen MR) is 111 cm³/mol. The summed E-state index contributed by atoms with van der Waals surface area (Å²) in [7, 11) is 0. The number of carbonyl (C=O) groups is 1. The number of aliphatic hydroxyl groups is 1. The van der Waals surface area contributed by atoms with Crippen molar-refractivity contribution in [2.45, 2.75) is 44.5 Å². The molecule has 0 aliphatic heterocycles. The number of hydrogen-bond donors (Lipinski definition) is 3. The maximum Gasteiger partial charge on any atom is 0.255 e. The largest absolute Gasteiger partial charge is 0.387 e. The molecular weight excluding hydrogens is 371 g/mol. The van der Waals surface area contributed by atoms with Crippen molar-refractivity contribution in [3.63, 3.8) is 0 Å². The Hall–Kier alpha value is -2.93. The van der Waals surface area contributed by atoms with E-state index in [1.165, 1.54) is 20.0 Å². The zero-order valence-corrected chi connectivity index (χ0v) is 16.5. The van der Waals surface area contributed by atoms with Crippen molar-refractivity contribution in [1.82, 2.24) is 14.9 Å². The van der Waals surface area contributed by atoms with Gasteiger partial charge in [0.1, 0.15) is 6.17 Å². The third kappa shape index (κ3) is 4.24. The number of nitrogens with zero attached hydrogens (tertiary/aromatic N) is 2. The van der Waals surface area contributed by atoms with Crippen LogP contribution in [-0.4, -0.2) is 45.0 Å². The Morgan fingerprint density at radius 2 is 2.03 bits per heavy atom. The molecular formula is C22H25FN4O2. The van der Waals surface area contributed by atoms with Crippen LogP contribution in [0.25, 0.3) is 16.6 Å². The average Bonchev–Trinajstić information content (AvgIpc) is 3.40. The molecule has 1 aliphatic rings. The fourth-order valence-electron chi connectivity index (χ4n) is 3.13. The summed E-state index contributed by atoms with van der Waals surface area (Å²) in [4.78, 5) is 12.8. The number of benzene rings is 1. The molecule has 2 aromatic heterocycles. The molecule has 1 fully saturated rings. The lowest BCUT2D eigenvalue weighted by Gasteiger charge is -2.22. The minimum atomic E-state index is -1.57. The number of alkyl halides is 1. The Morgan fingerprint density at radius 1 is 1.31 bits per heavy atom. The van der Waals surface area contributed by atoms with E-state index in [1.807, 2.05) is 42.6 Å². The molecule has 1 aliphatic carbocycles. The van der Waals surface area contributed by atoms with E-state index in [-0.39, 0.29) is 6.54 Å². The van der Waals surface area contributed by atoms with Gasteiger partial charge in [-0.05, 0) is 38.3 Å². The van der Waals surface area contributed by atoms with Gasteiger partial charge in [-0.3, -0.25) is 4.79 Å². The molecule has 1 saturated carbocycles. The van der Waals surface area contributed by atoms with Crippen LogP contribution in [-0.2, 0) is 0 Å². The van der Waals surface area contributed by atoms with Gasteiger partial charge in [-0.15, -0.1) is 0 Å². The molecule has 3 N–H and O–H groups in total. The topological polar surface area (TPSA) is 78.7 Å². The summed E-state index contributed by atoms with van der Waals surface area (Å²) >= 11 is 0. The molecule has 4 rings (SSSR count). The van der Waals surface area contributed by atoms with Crippen LogP contribution < -0.4 is 10.6 Å². The number of fused-ring (bicyclic) bond motifs is 1. The van der Waals surface area contributed by atoms with Gasteiger partial charge in [-0.25, -0.2) is 8.91 Å². The zero-order chi connectivity index (χ0) is 20.6. The van der Waals surface area contributed by atoms with E-state index in [2.05, 4.69) is 15.7 Å². The maximum absolute atomic E-state index is 14.1. The number of anilines is 1. The first kappa shape index (κ1) is 19.4. The van der Waals surface area contributed by atoms with Crippen LogP contribution >= 0.6 is 0 Å². The Morgan fingerprint density at radius 3 is 2.69 bits per heavy atom. The lowest BCUT2D eigenvalue weighted by molar-refractivity contribution is -0.00177. The third-order valence-corrected chi connectivity index (χ3v) is 5.12. The first-order chi connectivity index (χ1) is 13.8. The molecule has 1 aromatic carbocycles. The summed E-state index contributed by atoms with van der Waals surface area (Å²) in [5, 5.41) is 20.1. The summed E-state index contributed by atoms with van der Waals surface area (Å²) in [6, 6.07) is 12.3. The molecule has 3 aromatic rings. The van der Waals surface area contributed by atoms with Crippen LogP contribution in [0.5, 0.6) is 0 Å². The standard InChI is InChI=1S/C22H25FN4O2/c1-22(2,29)19(23)12-24-21(28)17-11-25-27-13-15(14-6-4-3-5-7-14)10-18(27)20(17)26-16-8-9-16/h3-7,10-11,13,16,19,26,29H,8-9,12H2,1-2H3,(H,24,28)/t19-/m1/s1. The van der Waals surface area contributed by atoms with Gasteiger partial charge >= 0.3 is 0 Å². The fraction of sp³-hybridized carbons (Fsp3) is 0.364. The van der Waals surface area contributed by atoms with Crippen LogP contribution in [0, 0.1) is 0 Å². The van der Waals surface area contributed by atoms with Crippen molar-refractivity contribution in [2.75, 3.05) is 11.9 Å². The van der Waals surface area contributed by atoms with E-state index in [0.717, 1.165) is 29.5 Å². The lowest BCUT2D eigenvalue weighted by Crippen LogP contribution is -2.42. The van der Waals surface area contributed by atoms with Crippen LogP contribution in [0.4, 0.5) is 10.1 Å². The summed E-state index contributed by atoms with van der Waals surface area (Å²) < 4.78 is 15.8. The summed E-state index contributed by atoms with van der Waals surface area (Å²) in [5.41, 5.74) is 2.40. The Balaban J connectivity index is 1.67. The molecule has 6 nitrogen and oxygen atoms in total. The Labute approximate surface area is 168 Å². The summed E-state index contributed by atoms with van der Waals surface area (Å²) in [6.07, 6.45) is 3.95. The molecule has 1 amide bonds. The second-order valence-corrected chi connectivity index (χ2v) is 8.11. The van der Waals surface area contributed by atoms with E-state index in [4.69, 9.17) is 0 Å². The van der Waals surface area contributed by atoms with E-state index in [1.54, 1.807) is 4.52 Å². The van der Waals surface area contributed by atoms with Gasteiger partial charge in [0.05, 0.1) is 35.1 Å². The second-order valence-electron chi connectivity index (χ2n) is 8.11. The summed E-state index contributed by atoms with van der Waals surface area (Å²) in [5.74, 6) is -0.419. The first-order valence-corrected chi connectivity index (χ1v) is 9.81. The van der Waals surface area contributed by atoms with Gasteiger partial charge in [0, 0.05) is 17.8 Å². The van der Waals surface area contributed by atoms with Gasteiger partial charge in [0.2, 0.25) is 0 Å². The van der Waals surface area contributed by atoms with Gasteiger partial charge in [-0.1, -0.05) is 30.3 Å². The number of halogens is 1. The zero-order valence-electron chi connectivity index (χ0n) is 16.5. The highest BCUT2D eigenvalue weighted by Crippen LogP contribution is 2.32. The Bertz CT molecular complexity index is 1020. The van der Waals surface area contributed by atoms with Crippen LogP contribution in [0.2, 0.25) is 0 Å². The minimum absolute atomic E-state index is 0.271. The monoisotopic (exact) mass is 396 g/mol. The molecule has 2 heterocycles. The van der Waals surface area contributed by atoms with Crippen molar-refractivity contribution in [3.8, 4) is 11.1 Å². The van der Waals surface area contributed by atoms with Crippen LogP contribution in [0.3, 0.4) is 0 Å². The molecule has 0 unspecified atom stereocenters. The normalized spacial score (nSPS) is 15.3. The number of carbonyl (C=O) groups excluding carboxylic acids is 1. The highest BCUT2D eigenvalue weighted by Gasteiger charge is 2.29. The van der Waals surface area contributed by atoms with Crippen LogP contribution in [0.15, 0.2) is 48.8 Å². The number of nitrogens with one attached hydrogen (secondary N) is 2. The number of hydrogen-bond acceptors (Lipinski definition) is 4. The third-order valence-electron chi connectivity index (χ3n) is 5.12. The molecule has 0 spiro atoms. The first-order valence-electron chi connectivity index (χ1n) is 9.81. The molecule has 0 saturated heterocycles. The fourth-order valence-corrected chi connectivity index (χ4v) is 3.13. The molecule has 152 valence electrons. The number of aromatic nitrogens is 2. The highest BCUT2D eigenvalue weighted by molar-refractivity contribution is 6.03. The van der Waals surface area contributed by atoms with Gasteiger partial charge < -0.3 is 15.7 Å². The van der Waals surface area contributed by atoms with Gasteiger partial charge in [0.15, 0.2) is 0 Å². The Kier molecular flexibility index (Phi) is 5.00. The lowest BCUT2D eigenvalue weighted by atomic mass is 10.0. The number of rotatable bonds is 7. The van der Waals surface area contributed by atoms with Crippen molar-refractivity contribution in [1.29, 1.82) is 0 Å². The molecule has 7 heteroatoms. The van der Waals surface area contributed by atoms with Gasteiger partial charge in [-0.2, -0.15) is 5.10 Å². The second kappa shape index (κ2) is 7.48. The quantitative estimate of drug-likeness (QED) is 0.572. The van der Waals surface area contributed by atoms with E-state index >= 15 is 0 Å². The maximum atomic E-state index is 14.1. The molecule has 0 bridgehead atoms. The highest BCUT2D eigenvalue weighted by atomic mass is 19.1. The minimum Gasteiger partial charge on any atom is -0.387 e. The van der Waals surface area contributed by atoms with Crippen molar-refractivity contribution >= 4 is 17.1 Å².